The molecule has 4 N–H and O–H groups in total. The van der Waals surface area contributed by atoms with Crippen molar-refractivity contribution in [3.63, 3.8) is 0 Å². The van der Waals surface area contributed by atoms with Crippen LogP contribution in [0.1, 0.15) is 23.2 Å². The summed E-state index contributed by atoms with van der Waals surface area (Å²) in [5.41, 5.74) is 12.8. The summed E-state index contributed by atoms with van der Waals surface area (Å²) in [6, 6.07) is 5.98. The van der Waals surface area contributed by atoms with Crippen molar-refractivity contribution in [2.45, 2.75) is 18.9 Å². The Bertz CT molecular complexity index is 444. The van der Waals surface area contributed by atoms with Crippen molar-refractivity contribution in [3.8, 4) is 0 Å². The molecule has 1 aliphatic carbocycles. The van der Waals surface area contributed by atoms with Crippen LogP contribution in [0.2, 0.25) is 0 Å². The molecule has 0 unspecified atom stereocenters. The van der Waals surface area contributed by atoms with Crippen LogP contribution in [-0.4, -0.2) is 32.2 Å². The van der Waals surface area contributed by atoms with E-state index in [0.717, 1.165) is 12.2 Å². The topological polar surface area (TPSA) is 81.6 Å². The minimum Gasteiger partial charge on any atom is -0.398 e. The van der Waals surface area contributed by atoms with E-state index in [9.17, 15) is 4.79 Å². The van der Waals surface area contributed by atoms with E-state index in [1.807, 2.05) is 6.07 Å². The smallest absolute Gasteiger partial charge is 0.250 e. The fourth-order valence-electron chi connectivity index (χ4n) is 2.03. The van der Waals surface area contributed by atoms with Gasteiger partial charge < -0.3 is 21.1 Å². The van der Waals surface area contributed by atoms with Crippen molar-refractivity contribution < 1.29 is 9.53 Å². The molecule has 5 nitrogen and oxygen atoms in total. The number of benzene rings is 1. The molecule has 1 amide bonds. The number of nitrogens with two attached hydrogens (primary N) is 2. The van der Waals surface area contributed by atoms with Gasteiger partial charge in [0.15, 0.2) is 0 Å². The molecular formula is C13H19N3O2. The van der Waals surface area contributed by atoms with Crippen LogP contribution in [-0.2, 0) is 4.74 Å². The van der Waals surface area contributed by atoms with Gasteiger partial charge >= 0.3 is 0 Å². The van der Waals surface area contributed by atoms with Gasteiger partial charge in [-0.05, 0) is 31.0 Å². The number of rotatable bonds is 6. The molecule has 1 fully saturated rings. The molecule has 18 heavy (non-hydrogen) atoms. The van der Waals surface area contributed by atoms with E-state index >= 15 is 0 Å². The van der Waals surface area contributed by atoms with Crippen LogP contribution in [0.15, 0.2) is 18.2 Å². The summed E-state index contributed by atoms with van der Waals surface area (Å²) < 4.78 is 5.12. The normalized spacial score (nSPS) is 14.5. The van der Waals surface area contributed by atoms with E-state index in [0.29, 0.717) is 23.9 Å². The quantitative estimate of drug-likeness (QED) is 0.736. The first-order chi connectivity index (χ1) is 8.63. The molecule has 0 heterocycles. The number of hydrogen-bond acceptors (Lipinski definition) is 4. The van der Waals surface area contributed by atoms with Gasteiger partial charge in [-0.1, -0.05) is 0 Å². The largest absolute Gasteiger partial charge is 0.398 e. The van der Waals surface area contributed by atoms with Gasteiger partial charge in [-0.25, -0.2) is 0 Å². The Hall–Kier alpha value is -1.75. The zero-order chi connectivity index (χ0) is 13.1. The zero-order valence-electron chi connectivity index (χ0n) is 10.6. The van der Waals surface area contributed by atoms with E-state index in [4.69, 9.17) is 16.2 Å². The van der Waals surface area contributed by atoms with Crippen LogP contribution in [0.4, 0.5) is 11.4 Å². The molecule has 0 radical (unpaired) electrons. The number of ether oxygens (including phenoxy) is 1. The second-order valence-corrected chi connectivity index (χ2v) is 4.55. The SMILES string of the molecule is COCCN(c1ccc(N)c(C(N)=O)c1)C1CC1. The maximum atomic E-state index is 11.3. The van der Waals surface area contributed by atoms with Crippen LogP contribution < -0.4 is 16.4 Å². The van der Waals surface area contributed by atoms with Crippen LogP contribution >= 0.6 is 0 Å². The Morgan fingerprint density at radius 2 is 2.22 bits per heavy atom. The first-order valence-corrected chi connectivity index (χ1v) is 6.08. The maximum absolute atomic E-state index is 11.3. The number of carbonyl (C=O) groups is 1. The van der Waals surface area contributed by atoms with Crippen molar-refractivity contribution in [3.05, 3.63) is 23.8 Å². The molecule has 2 rings (SSSR count). The number of amides is 1. The Morgan fingerprint density at radius 3 is 2.78 bits per heavy atom. The number of hydrogen-bond donors (Lipinski definition) is 2. The van der Waals surface area contributed by atoms with E-state index in [1.54, 1.807) is 19.2 Å². The monoisotopic (exact) mass is 249 g/mol. The van der Waals surface area contributed by atoms with Gasteiger partial charge in [-0.3, -0.25) is 4.79 Å². The third kappa shape index (κ3) is 2.73. The zero-order valence-corrected chi connectivity index (χ0v) is 10.6. The number of primary amides is 1. The molecule has 0 atom stereocenters. The molecule has 1 saturated carbocycles. The first-order valence-electron chi connectivity index (χ1n) is 6.08. The predicted octanol–water partition coefficient (Wildman–Crippen LogP) is 0.983. The van der Waals surface area contributed by atoms with E-state index in [2.05, 4.69) is 4.90 Å². The van der Waals surface area contributed by atoms with Gasteiger partial charge in [-0.15, -0.1) is 0 Å². The summed E-state index contributed by atoms with van der Waals surface area (Å²) in [6.07, 6.45) is 2.36. The number of anilines is 2. The number of carbonyl (C=O) groups excluding carboxylic acids is 1. The highest BCUT2D eigenvalue weighted by molar-refractivity contribution is 5.99. The highest BCUT2D eigenvalue weighted by Crippen LogP contribution is 2.32. The molecule has 98 valence electrons. The second kappa shape index (κ2) is 5.27. The molecule has 0 bridgehead atoms. The van der Waals surface area contributed by atoms with Gasteiger partial charge in [0.25, 0.3) is 5.91 Å². The van der Waals surface area contributed by atoms with E-state index < -0.39 is 5.91 Å². The molecule has 0 saturated heterocycles. The molecule has 5 heteroatoms. The number of methoxy groups -OCH3 is 1. The second-order valence-electron chi connectivity index (χ2n) is 4.55. The fraction of sp³-hybridized carbons (Fsp3) is 0.462. The highest BCUT2D eigenvalue weighted by atomic mass is 16.5. The Labute approximate surface area is 107 Å². The van der Waals surface area contributed by atoms with Gasteiger partial charge in [-0.2, -0.15) is 0 Å². The first kappa shape index (κ1) is 12.7. The fourth-order valence-corrected chi connectivity index (χ4v) is 2.03. The summed E-state index contributed by atoms with van der Waals surface area (Å²) in [6.45, 7) is 1.47. The number of nitrogens with zero attached hydrogens (tertiary/aromatic N) is 1. The molecule has 1 aliphatic rings. The predicted molar refractivity (Wildman–Crippen MR) is 71.6 cm³/mol. The molecule has 0 spiro atoms. The summed E-state index contributed by atoms with van der Waals surface area (Å²) in [7, 11) is 1.68. The third-order valence-corrected chi connectivity index (χ3v) is 3.16. The Morgan fingerprint density at radius 1 is 1.50 bits per heavy atom. The van der Waals surface area contributed by atoms with E-state index in [-0.39, 0.29) is 0 Å². The summed E-state index contributed by atoms with van der Waals surface area (Å²) >= 11 is 0. The van der Waals surface area contributed by atoms with Crippen molar-refractivity contribution >= 4 is 17.3 Å². The lowest BCUT2D eigenvalue weighted by Crippen LogP contribution is -2.29. The minimum absolute atomic E-state index is 0.385. The standard InChI is InChI=1S/C13H19N3O2/c1-18-7-6-16(9-2-3-9)10-4-5-12(14)11(8-10)13(15)17/h4-5,8-9H,2-3,6-7,14H2,1H3,(H2,15,17). The van der Waals surface area contributed by atoms with E-state index in [1.165, 1.54) is 12.8 Å². The van der Waals surface area contributed by atoms with Gasteiger partial charge in [0.05, 0.1) is 12.2 Å². The minimum atomic E-state index is -0.489. The molecule has 0 aromatic heterocycles. The van der Waals surface area contributed by atoms with Crippen molar-refractivity contribution in [2.75, 3.05) is 30.9 Å². The lowest BCUT2D eigenvalue weighted by atomic mass is 10.1. The van der Waals surface area contributed by atoms with Crippen molar-refractivity contribution in [1.29, 1.82) is 0 Å². The average Bonchev–Trinajstić information content (AvgIpc) is 3.15. The van der Waals surface area contributed by atoms with Gasteiger partial charge in [0.2, 0.25) is 0 Å². The Kier molecular flexibility index (Phi) is 3.72. The maximum Gasteiger partial charge on any atom is 0.250 e. The number of nitrogen functional groups attached to an aromatic ring is 1. The molecular weight excluding hydrogens is 230 g/mol. The lowest BCUT2D eigenvalue weighted by molar-refractivity contribution is 0.100. The van der Waals surface area contributed by atoms with Crippen LogP contribution in [0.25, 0.3) is 0 Å². The third-order valence-electron chi connectivity index (χ3n) is 3.16. The highest BCUT2D eigenvalue weighted by Gasteiger charge is 2.29. The molecule has 1 aromatic carbocycles. The summed E-state index contributed by atoms with van der Waals surface area (Å²) in [5, 5.41) is 0. The van der Waals surface area contributed by atoms with Gasteiger partial charge in [0, 0.05) is 31.1 Å². The lowest BCUT2D eigenvalue weighted by Gasteiger charge is -2.25. The van der Waals surface area contributed by atoms with Crippen LogP contribution in [0.5, 0.6) is 0 Å². The van der Waals surface area contributed by atoms with Crippen LogP contribution in [0.3, 0.4) is 0 Å². The van der Waals surface area contributed by atoms with Crippen molar-refractivity contribution in [1.82, 2.24) is 0 Å². The van der Waals surface area contributed by atoms with Gasteiger partial charge in [0.1, 0.15) is 0 Å². The van der Waals surface area contributed by atoms with Crippen LogP contribution in [0, 0.1) is 0 Å². The Balaban J connectivity index is 2.24. The average molecular weight is 249 g/mol. The molecule has 0 aliphatic heterocycles. The summed E-state index contributed by atoms with van der Waals surface area (Å²) in [5.74, 6) is -0.489. The summed E-state index contributed by atoms with van der Waals surface area (Å²) in [4.78, 5) is 13.5. The van der Waals surface area contributed by atoms with Crippen molar-refractivity contribution in [2.24, 2.45) is 5.73 Å². The molecule has 1 aromatic rings.